The lowest BCUT2D eigenvalue weighted by Crippen LogP contribution is -2.33. The molecule has 2 aromatic rings. The number of hydrogen-bond acceptors (Lipinski definition) is 5. The van der Waals surface area contributed by atoms with Crippen LogP contribution in [0.3, 0.4) is 0 Å². The van der Waals surface area contributed by atoms with Crippen molar-refractivity contribution < 1.29 is 28.6 Å². The SMILES string of the molecule is COc1ccccc1/C(O)=C1/C(=O)C(=O)N(CCOC(C)C)C1c1ccccc1F. The Hall–Kier alpha value is -3.19. The summed E-state index contributed by atoms with van der Waals surface area (Å²) >= 11 is 0. The van der Waals surface area contributed by atoms with Crippen LogP contribution in [0.2, 0.25) is 0 Å². The Bertz CT molecular complexity index is 985. The van der Waals surface area contributed by atoms with Gasteiger partial charge >= 0.3 is 0 Å². The van der Waals surface area contributed by atoms with Crippen LogP contribution in [-0.4, -0.2) is 48.1 Å². The number of nitrogens with zero attached hydrogens (tertiary/aromatic N) is 1. The number of benzene rings is 2. The van der Waals surface area contributed by atoms with Crippen molar-refractivity contribution in [2.45, 2.75) is 26.0 Å². The molecule has 1 aliphatic heterocycles. The molecule has 0 aliphatic carbocycles. The zero-order valence-corrected chi connectivity index (χ0v) is 17.1. The van der Waals surface area contributed by atoms with Crippen LogP contribution in [0.25, 0.3) is 5.76 Å². The number of aliphatic hydroxyl groups is 1. The van der Waals surface area contributed by atoms with Crippen LogP contribution in [0, 0.1) is 5.82 Å². The number of ether oxygens (including phenoxy) is 2. The first kappa shape index (κ1) is 21.5. The van der Waals surface area contributed by atoms with Crippen LogP contribution >= 0.6 is 0 Å². The first-order chi connectivity index (χ1) is 14.4. The van der Waals surface area contributed by atoms with Gasteiger partial charge in [-0.05, 0) is 32.0 Å². The average molecular weight is 413 g/mol. The van der Waals surface area contributed by atoms with Gasteiger partial charge in [0.1, 0.15) is 17.3 Å². The number of halogens is 1. The summed E-state index contributed by atoms with van der Waals surface area (Å²) in [6.45, 7) is 3.95. The number of Topliss-reactive ketones (excluding diaryl/α,β-unsaturated/α-hetero) is 1. The monoisotopic (exact) mass is 413 g/mol. The predicted molar refractivity (Wildman–Crippen MR) is 109 cm³/mol. The summed E-state index contributed by atoms with van der Waals surface area (Å²) in [4.78, 5) is 26.9. The number of methoxy groups -OCH3 is 1. The topological polar surface area (TPSA) is 76.1 Å². The fourth-order valence-corrected chi connectivity index (χ4v) is 3.50. The summed E-state index contributed by atoms with van der Waals surface area (Å²) in [7, 11) is 1.43. The largest absolute Gasteiger partial charge is 0.507 e. The first-order valence-electron chi connectivity index (χ1n) is 9.64. The quantitative estimate of drug-likeness (QED) is 0.426. The first-order valence-corrected chi connectivity index (χ1v) is 9.64. The molecule has 7 heteroatoms. The minimum atomic E-state index is -1.08. The number of aliphatic hydroxyl groups excluding tert-OH is 1. The summed E-state index contributed by atoms with van der Waals surface area (Å²) in [5.41, 5.74) is 0.189. The van der Waals surface area contributed by atoms with Gasteiger partial charge in [-0.2, -0.15) is 0 Å². The second-order valence-corrected chi connectivity index (χ2v) is 7.13. The standard InChI is InChI=1S/C23H24FNO5/c1-14(2)30-13-12-25-20(15-8-4-6-10-17(15)24)19(22(27)23(25)28)21(26)16-9-5-7-11-18(16)29-3/h4-11,14,20,26H,12-13H2,1-3H3/b21-19-. The Balaban J connectivity index is 2.15. The molecule has 0 aromatic heterocycles. The third-order valence-corrected chi connectivity index (χ3v) is 4.89. The van der Waals surface area contributed by atoms with E-state index < -0.39 is 29.3 Å². The van der Waals surface area contributed by atoms with E-state index in [9.17, 15) is 19.1 Å². The minimum absolute atomic E-state index is 0.0673. The molecule has 1 saturated heterocycles. The average Bonchev–Trinajstić information content (AvgIpc) is 2.98. The molecule has 1 heterocycles. The lowest BCUT2D eigenvalue weighted by atomic mass is 9.94. The van der Waals surface area contributed by atoms with Gasteiger partial charge in [-0.15, -0.1) is 0 Å². The second-order valence-electron chi connectivity index (χ2n) is 7.13. The highest BCUT2D eigenvalue weighted by atomic mass is 19.1. The predicted octanol–water partition coefficient (Wildman–Crippen LogP) is 3.68. The van der Waals surface area contributed by atoms with Gasteiger partial charge in [0.05, 0.1) is 37.0 Å². The maximum atomic E-state index is 14.7. The normalized spacial score (nSPS) is 18.3. The highest BCUT2D eigenvalue weighted by Gasteiger charge is 2.47. The Morgan fingerprint density at radius 1 is 1.13 bits per heavy atom. The van der Waals surface area contributed by atoms with Crippen molar-refractivity contribution in [1.82, 2.24) is 4.90 Å². The zero-order valence-electron chi connectivity index (χ0n) is 17.1. The lowest BCUT2D eigenvalue weighted by molar-refractivity contribution is -0.140. The van der Waals surface area contributed by atoms with E-state index in [0.29, 0.717) is 5.75 Å². The van der Waals surface area contributed by atoms with E-state index in [1.807, 2.05) is 13.8 Å². The molecule has 158 valence electrons. The van der Waals surface area contributed by atoms with Crippen molar-refractivity contribution in [3.8, 4) is 5.75 Å². The molecular formula is C23H24FNO5. The third-order valence-electron chi connectivity index (χ3n) is 4.89. The van der Waals surface area contributed by atoms with E-state index in [2.05, 4.69) is 0 Å². The minimum Gasteiger partial charge on any atom is -0.507 e. The van der Waals surface area contributed by atoms with Crippen molar-refractivity contribution in [3.63, 3.8) is 0 Å². The summed E-state index contributed by atoms with van der Waals surface area (Å²) in [6.07, 6.45) is -0.0673. The molecule has 1 amide bonds. The van der Waals surface area contributed by atoms with Crippen LogP contribution in [0.4, 0.5) is 4.39 Å². The van der Waals surface area contributed by atoms with Crippen molar-refractivity contribution in [2.24, 2.45) is 0 Å². The molecule has 0 bridgehead atoms. The fraction of sp³-hybridized carbons (Fsp3) is 0.304. The van der Waals surface area contributed by atoms with Gasteiger partial charge in [0.25, 0.3) is 11.7 Å². The maximum Gasteiger partial charge on any atom is 0.295 e. The van der Waals surface area contributed by atoms with Crippen LogP contribution in [0.5, 0.6) is 5.75 Å². The van der Waals surface area contributed by atoms with E-state index >= 15 is 0 Å². The van der Waals surface area contributed by atoms with Crippen LogP contribution in [-0.2, 0) is 14.3 Å². The molecule has 1 unspecified atom stereocenters. The molecular weight excluding hydrogens is 389 g/mol. The fourth-order valence-electron chi connectivity index (χ4n) is 3.50. The van der Waals surface area contributed by atoms with Crippen molar-refractivity contribution in [1.29, 1.82) is 0 Å². The Labute approximate surface area is 174 Å². The number of rotatable bonds is 7. The Morgan fingerprint density at radius 3 is 2.47 bits per heavy atom. The smallest absolute Gasteiger partial charge is 0.295 e. The van der Waals surface area contributed by atoms with E-state index in [-0.39, 0.29) is 36.0 Å². The summed E-state index contributed by atoms with van der Waals surface area (Å²) in [6, 6.07) is 11.4. The van der Waals surface area contributed by atoms with Crippen LogP contribution < -0.4 is 4.74 Å². The number of likely N-dealkylation sites (tertiary alicyclic amines) is 1. The van der Waals surface area contributed by atoms with E-state index in [1.54, 1.807) is 30.3 Å². The number of amides is 1. The molecule has 1 N–H and O–H groups in total. The molecule has 30 heavy (non-hydrogen) atoms. The lowest BCUT2D eigenvalue weighted by Gasteiger charge is -2.26. The van der Waals surface area contributed by atoms with Crippen molar-refractivity contribution in [2.75, 3.05) is 20.3 Å². The number of ketones is 1. The summed E-state index contributed by atoms with van der Waals surface area (Å²) in [5.74, 6) is -2.35. The van der Waals surface area contributed by atoms with Crippen LogP contribution in [0.1, 0.15) is 31.0 Å². The van der Waals surface area contributed by atoms with Crippen LogP contribution in [0.15, 0.2) is 54.1 Å². The molecule has 3 rings (SSSR count). The molecule has 0 spiro atoms. The molecule has 6 nitrogen and oxygen atoms in total. The van der Waals surface area contributed by atoms with Crippen molar-refractivity contribution in [3.05, 3.63) is 71.0 Å². The van der Waals surface area contributed by atoms with Crippen molar-refractivity contribution >= 4 is 17.4 Å². The van der Waals surface area contributed by atoms with Gasteiger partial charge in [-0.1, -0.05) is 30.3 Å². The van der Waals surface area contributed by atoms with E-state index in [1.165, 1.54) is 30.2 Å². The molecule has 2 aromatic carbocycles. The number of para-hydroxylation sites is 1. The second kappa shape index (κ2) is 9.09. The molecule has 1 fully saturated rings. The highest BCUT2D eigenvalue weighted by molar-refractivity contribution is 6.46. The number of hydrogen-bond donors (Lipinski definition) is 1. The van der Waals surface area contributed by atoms with Gasteiger partial charge in [0.2, 0.25) is 0 Å². The van der Waals surface area contributed by atoms with E-state index in [4.69, 9.17) is 9.47 Å². The van der Waals surface area contributed by atoms with E-state index in [0.717, 1.165) is 0 Å². The van der Waals surface area contributed by atoms with Gasteiger partial charge < -0.3 is 19.5 Å². The highest BCUT2D eigenvalue weighted by Crippen LogP contribution is 2.41. The Kier molecular flexibility index (Phi) is 6.52. The number of carbonyl (C=O) groups excluding carboxylic acids is 2. The summed E-state index contributed by atoms with van der Waals surface area (Å²) < 4.78 is 25.5. The third kappa shape index (κ3) is 4.07. The maximum absolute atomic E-state index is 14.7. The van der Waals surface area contributed by atoms with Gasteiger partial charge in [0, 0.05) is 12.1 Å². The molecule has 0 radical (unpaired) electrons. The summed E-state index contributed by atoms with van der Waals surface area (Å²) in [5, 5.41) is 11.0. The molecule has 1 atom stereocenters. The molecule has 1 aliphatic rings. The Morgan fingerprint density at radius 2 is 1.80 bits per heavy atom. The van der Waals surface area contributed by atoms with Gasteiger partial charge in [-0.3, -0.25) is 9.59 Å². The van der Waals surface area contributed by atoms with Gasteiger partial charge in [0.15, 0.2) is 0 Å². The van der Waals surface area contributed by atoms with Gasteiger partial charge in [-0.25, -0.2) is 4.39 Å². The number of carbonyl (C=O) groups is 2. The zero-order chi connectivity index (χ0) is 21.8. The molecule has 0 saturated carbocycles.